The summed E-state index contributed by atoms with van der Waals surface area (Å²) in [5.41, 5.74) is 2.20. The van der Waals surface area contributed by atoms with Gasteiger partial charge in [0.25, 0.3) is 11.6 Å². The van der Waals surface area contributed by atoms with Crippen molar-refractivity contribution in [3.8, 4) is 0 Å². The highest BCUT2D eigenvalue weighted by molar-refractivity contribution is 7.13. The number of hydrogen-bond acceptors (Lipinski definition) is 6. The van der Waals surface area contributed by atoms with E-state index in [2.05, 4.69) is 25.4 Å². The van der Waals surface area contributed by atoms with Crippen LogP contribution in [0.5, 0.6) is 0 Å². The Balaban J connectivity index is 1.86. The van der Waals surface area contributed by atoms with Crippen LogP contribution in [0.3, 0.4) is 0 Å². The lowest BCUT2D eigenvalue weighted by atomic mass is 10.1. The number of nitrogens with one attached hydrogen (secondary N) is 1. The molecule has 1 amide bonds. The Morgan fingerprint density at radius 2 is 1.96 bits per heavy atom. The molecule has 3 rings (SSSR count). The number of thiazole rings is 1. The molecule has 27 heavy (non-hydrogen) atoms. The van der Waals surface area contributed by atoms with E-state index in [1.54, 1.807) is 13.8 Å². The van der Waals surface area contributed by atoms with E-state index in [0.29, 0.717) is 22.1 Å². The minimum absolute atomic E-state index is 0.0571. The van der Waals surface area contributed by atoms with Crippen molar-refractivity contribution in [1.82, 2.24) is 24.6 Å². The quantitative estimate of drug-likeness (QED) is 0.727. The first-order valence-electron chi connectivity index (χ1n) is 8.11. The van der Waals surface area contributed by atoms with Crippen LogP contribution in [-0.2, 0) is 17.4 Å². The Labute approximate surface area is 156 Å². The fourth-order valence-electron chi connectivity index (χ4n) is 2.52. The van der Waals surface area contributed by atoms with Gasteiger partial charge in [-0.2, -0.15) is 18.2 Å². The molecule has 0 spiro atoms. The van der Waals surface area contributed by atoms with Crippen molar-refractivity contribution in [2.24, 2.45) is 0 Å². The minimum Gasteiger partial charge on any atom is -0.302 e. The van der Waals surface area contributed by atoms with E-state index < -0.39 is 12.0 Å². The van der Waals surface area contributed by atoms with E-state index in [0.717, 1.165) is 10.2 Å². The number of carbonyl (C=O) groups excluding carboxylic acids is 1. The number of carbonyl (C=O) groups is 1. The Kier molecular flexibility index (Phi) is 4.89. The second-order valence-electron chi connectivity index (χ2n) is 6.36. The average Bonchev–Trinajstić information content (AvgIpc) is 3.18. The van der Waals surface area contributed by atoms with Crippen LogP contribution in [0.4, 0.5) is 18.3 Å². The lowest BCUT2D eigenvalue weighted by molar-refractivity contribution is -0.144. The summed E-state index contributed by atoms with van der Waals surface area (Å²) in [6, 6.07) is 0. The third kappa shape index (κ3) is 3.92. The minimum atomic E-state index is -4.66. The van der Waals surface area contributed by atoms with Crippen LogP contribution in [0.15, 0.2) is 5.38 Å². The molecule has 0 fully saturated rings. The largest absolute Gasteiger partial charge is 0.453 e. The van der Waals surface area contributed by atoms with E-state index in [1.807, 2.05) is 19.2 Å². The average molecular weight is 398 g/mol. The first-order chi connectivity index (χ1) is 12.6. The Bertz CT molecular complexity index is 1010. The van der Waals surface area contributed by atoms with Gasteiger partial charge >= 0.3 is 6.18 Å². The summed E-state index contributed by atoms with van der Waals surface area (Å²) in [5.74, 6) is -1.49. The second kappa shape index (κ2) is 6.87. The van der Waals surface area contributed by atoms with Gasteiger partial charge in [-0.05, 0) is 19.8 Å². The summed E-state index contributed by atoms with van der Waals surface area (Å²) in [4.78, 5) is 24.2. The highest BCUT2D eigenvalue weighted by Crippen LogP contribution is 2.27. The Morgan fingerprint density at radius 1 is 1.26 bits per heavy atom. The van der Waals surface area contributed by atoms with Crippen LogP contribution in [-0.4, -0.2) is 30.5 Å². The molecule has 0 saturated carbocycles. The van der Waals surface area contributed by atoms with Crippen molar-refractivity contribution in [3.63, 3.8) is 0 Å². The van der Waals surface area contributed by atoms with Gasteiger partial charge < -0.3 is 5.32 Å². The summed E-state index contributed by atoms with van der Waals surface area (Å²) in [6.07, 6.45) is -4.72. The van der Waals surface area contributed by atoms with Crippen molar-refractivity contribution in [1.29, 1.82) is 0 Å². The van der Waals surface area contributed by atoms with Gasteiger partial charge in [-0.3, -0.25) is 4.79 Å². The number of hydrogen-bond donors (Lipinski definition) is 1. The Morgan fingerprint density at radius 3 is 2.56 bits per heavy atom. The summed E-state index contributed by atoms with van der Waals surface area (Å²) in [5, 5.41) is 8.54. The number of anilines is 1. The second-order valence-corrected chi connectivity index (χ2v) is 7.22. The molecule has 0 radical (unpaired) electrons. The number of amides is 1. The normalized spacial score (nSPS) is 12.1. The molecule has 0 bridgehead atoms. The molecule has 1 N–H and O–H groups in total. The predicted octanol–water partition coefficient (Wildman–Crippen LogP) is 3.52. The maximum absolute atomic E-state index is 12.8. The molecule has 3 aromatic heterocycles. The maximum Gasteiger partial charge on any atom is 0.453 e. The van der Waals surface area contributed by atoms with Crippen LogP contribution in [0.2, 0.25) is 0 Å². The molecule has 7 nitrogen and oxygen atoms in total. The lowest BCUT2D eigenvalue weighted by Gasteiger charge is -2.10. The topological polar surface area (TPSA) is 85.1 Å². The molecule has 0 aliphatic heterocycles. The summed E-state index contributed by atoms with van der Waals surface area (Å²) >= 11 is 1.32. The van der Waals surface area contributed by atoms with E-state index in [4.69, 9.17) is 0 Å². The third-order valence-corrected chi connectivity index (χ3v) is 4.78. The van der Waals surface area contributed by atoms with Crippen molar-refractivity contribution >= 4 is 28.2 Å². The van der Waals surface area contributed by atoms with Crippen LogP contribution < -0.4 is 5.32 Å². The standard InChI is InChI=1S/C16H17F3N6OS/c1-7(2)11-6-27-15(21-11)22-12(26)5-10-8(3)20-14-23-13(16(17,18)19)24-25(14)9(10)4/h6-7H,5H2,1-4H3,(H,21,22,26). The van der Waals surface area contributed by atoms with E-state index >= 15 is 0 Å². The van der Waals surface area contributed by atoms with Crippen LogP contribution >= 0.6 is 11.3 Å². The SMILES string of the molecule is Cc1nc2nc(C(F)(F)F)nn2c(C)c1CC(=O)Nc1nc(C(C)C)cs1. The number of fused-ring (bicyclic) bond motifs is 1. The zero-order valence-corrected chi connectivity index (χ0v) is 15.9. The fourth-order valence-corrected chi connectivity index (χ4v) is 3.41. The molecule has 0 aliphatic carbocycles. The molecule has 0 aliphatic rings. The molecule has 0 saturated heterocycles. The molecule has 0 atom stereocenters. The van der Waals surface area contributed by atoms with Gasteiger partial charge in [-0.1, -0.05) is 13.8 Å². The van der Waals surface area contributed by atoms with Crippen molar-refractivity contribution in [3.05, 3.63) is 33.8 Å². The molecule has 0 unspecified atom stereocenters. The van der Waals surface area contributed by atoms with Crippen LogP contribution in [0.1, 0.15) is 48.2 Å². The number of aryl methyl sites for hydroxylation is 2. The first-order valence-corrected chi connectivity index (χ1v) is 8.99. The van der Waals surface area contributed by atoms with Crippen molar-refractivity contribution in [2.45, 2.75) is 46.2 Å². The van der Waals surface area contributed by atoms with Gasteiger partial charge in [0.1, 0.15) is 0 Å². The molecular formula is C16H17F3N6OS. The molecular weight excluding hydrogens is 381 g/mol. The van der Waals surface area contributed by atoms with Gasteiger partial charge in [-0.25, -0.2) is 14.5 Å². The van der Waals surface area contributed by atoms with Crippen LogP contribution in [0, 0.1) is 13.8 Å². The zero-order valence-electron chi connectivity index (χ0n) is 15.0. The highest BCUT2D eigenvalue weighted by Gasteiger charge is 2.37. The third-order valence-electron chi connectivity index (χ3n) is 4.00. The van der Waals surface area contributed by atoms with E-state index in [1.165, 1.54) is 11.3 Å². The number of aromatic nitrogens is 5. The molecule has 11 heteroatoms. The number of nitrogens with zero attached hydrogens (tertiary/aromatic N) is 5. The molecule has 144 valence electrons. The van der Waals surface area contributed by atoms with Crippen LogP contribution in [0.25, 0.3) is 5.78 Å². The lowest BCUT2D eigenvalue weighted by Crippen LogP contribution is -2.17. The first kappa shape index (κ1) is 19.2. The summed E-state index contributed by atoms with van der Waals surface area (Å²) in [6.45, 7) is 7.21. The summed E-state index contributed by atoms with van der Waals surface area (Å²) < 4.78 is 39.5. The zero-order chi connectivity index (χ0) is 19.9. The molecule has 3 aromatic rings. The van der Waals surface area contributed by atoms with Gasteiger partial charge in [0.15, 0.2) is 5.13 Å². The van der Waals surface area contributed by atoms with Gasteiger partial charge in [0.2, 0.25) is 5.91 Å². The van der Waals surface area contributed by atoms with Gasteiger partial charge in [-0.15, -0.1) is 16.4 Å². The number of alkyl halides is 3. The number of halogens is 3. The van der Waals surface area contributed by atoms with Crippen molar-refractivity contribution in [2.75, 3.05) is 5.32 Å². The Hall–Kier alpha value is -2.56. The predicted molar refractivity (Wildman–Crippen MR) is 93.8 cm³/mol. The van der Waals surface area contributed by atoms with E-state index in [-0.39, 0.29) is 24.0 Å². The van der Waals surface area contributed by atoms with Gasteiger partial charge in [0.05, 0.1) is 12.1 Å². The summed E-state index contributed by atoms with van der Waals surface area (Å²) in [7, 11) is 0. The maximum atomic E-state index is 12.8. The monoisotopic (exact) mass is 398 g/mol. The molecule has 0 aromatic carbocycles. The molecule has 3 heterocycles. The van der Waals surface area contributed by atoms with Gasteiger partial charge in [0, 0.05) is 22.3 Å². The highest BCUT2D eigenvalue weighted by atomic mass is 32.1. The van der Waals surface area contributed by atoms with Crippen molar-refractivity contribution < 1.29 is 18.0 Å². The smallest absolute Gasteiger partial charge is 0.302 e. The van der Waals surface area contributed by atoms with E-state index in [9.17, 15) is 18.0 Å². The number of rotatable bonds is 4. The fraction of sp³-hybridized carbons (Fsp3) is 0.438.